The monoisotopic (exact) mass is 378 g/mol. The zero-order valence-electron chi connectivity index (χ0n) is 14.7. The second-order valence-electron chi connectivity index (χ2n) is 5.57. The molecule has 1 aromatic heterocycles. The number of benzene rings is 2. The highest BCUT2D eigenvalue weighted by Gasteiger charge is 2.12. The maximum absolute atomic E-state index is 12.0. The van der Waals surface area contributed by atoms with E-state index in [-0.39, 0.29) is 18.2 Å². The number of esters is 1. The van der Waals surface area contributed by atoms with Gasteiger partial charge in [0, 0.05) is 11.5 Å². The lowest BCUT2D eigenvalue weighted by Crippen LogP contribution is -2.09. The van der Waals surface area contributed by atoms with Crippen molar-refractivity contribution in [2.24, 2.45) is 0 Å². The Bertz CT molecular complexity index is 947. The molecule has 0 aliphatic rings. The quantitative estimate of drug-likeness (QED) is 0.501. The molecule has 27 heavy (non-hydrogen) atoms. The first-order valence-corrected chi connectivity index (χ1v) is 9.31. The van der Waals surface area contributed by atoms with Crippen LogP contribution in [0.2, 0.25) is 0 Å². The predicted octanol–water partition coefficient (Wildman–Crippen LogP) is 4.64. The summed E-state index contributed by atoms with van der Waals surface area (Å²) in [5.74, 6) is -0.810. The van der Waals surface area contributed by atoms with Crippen LogP contribution in [0.5, 0.6) is 0 Å². The lowest BCUT2D eigenvalue weighted by molar-refractivity contribution is -0.111. The first-order chi connectivity index (χ1) is 13.2. The van der Waals surface area contributed by atoms with Gasteiger partial charge in [0.1, 0.15) is 0 Å². The summed E-state index contributed by atoms with van der Waals surface area (Å²) in [6.07, 6.45) is 3.16. The van der Waals surface area contributed by atoms with Gasteiger partial charge in [-0.1, -0.05) is 54.6 Å². The third kappa shape index (κ3) is 5.12. The molecule has 0 saturated carbocycles. The summed E-state index contributed by atoms with van der Waals surface area (Å²) in [6.45, 7) is 2.01. The zero-order valence-corrected chi connectivity index (χ0v) is 15.5. The Balaban J connectivity index is 1.59. The standard InChI is InChI=1S/C21H18N2O3S/c1-2-26-20(25)18-14-27-21(22-18)23-19(24)13-10-15-8-11-17(12-9-15)16-6-4-3-5-7-16/h3-14H,2H2,1H3,(H,22,23,24)/b13-10+. The van der Waals surface area contributed by atoms with Gasteiger partial charge in [0.15, 0.2) is 10.8 Å². The molecule has 3 aromatic rings. The molecular weight excluding hydrogens is 360 g/mol. The number of amides is 1. The molecule has 6 heteroatoms. The third-order valence-electron chi connectivity index (χ3n) is 3.66. The van der Waals surface area contributed by atoms with E-state index in [0.717, 1.165) is 16.7 Å². The average Bonchev–Trinajstić information content (AvgIpc) is 3.16. The summed E-state index contributed by atoms with van der Waals surface area (Å²) >= 11 is 1.18. The first kappa shape index (κ1) is 18.5. The summed E-state index contributed by atoms with van der Waals surface area (Å²) in [6, 6.07) is 18.0. The van der Waals surface area contributed by atoms with Crippen LogP contribution in [0, 0.1) is 0 Å². The van der Waals surface area contributed by atoms with Crippen LogP contribution in [-0.4, -0.2) is 23.5 Å². The summed E-state index contributed by atoms with van der Waals surface area (Å²) in [5.41, 5.74) is 3.37. The van der Waals surface area contributed by atoms with Gasteiger partial charge in [0.05, 0.1) is 6.61 Å². The first-order valence-electron chi connectivity index (χ1n) is 8.43. The number of rotatable bonds is 6. The number of anilines is 1. The van der Waals surface area contributed by atoms with Crippen molar-refractivity contribution in [3.05, 3.63) is 77.3 Å². The van der Waals surface area contributed by atoms with E-state index in [2.05, 4.69) is 22.4 Å². The Morgan fingerprint density at radius 1 is 1.07 bits per heavy atom. The fourth-order valence-corrected chi connectivity index (χ4v) is 3.05. The minimum atomic E-state index is -0.497. The molecule has 0 unspecified atom stereocenters. The Labute approximate surface area is 161 Å². The highest BCUT2D eigenvalue weighted by Crippen LogP contribution is 2.20. The minimum absolute atomic E-state index is 0.192. The molecule has 0 aliphatic carbocycles. The second kappa shape index (κ2) is 8.91. The maximum Gasteiger partial charge on any atom is 0.357 e. The van der Waals surface area contributed by atoms with Crippen LogP contribution in [-0.2, 0) is 9.53 Å². The highest BCUT2D eigenvalue weighted by atomic mass is 32.1. The van der Waals surface area contributed by atoms with E-state index in [1.807, 2.05) is 42.5 Å². The summed E-state index contributed by atoms with van der Waals surface area (Å²) < 4.78 is 4.87. The van der Waals surface area contributed by atoms with E-state index in [0.29, 0.717) is 5.13 Å². The largest absolute Gasteiger partial charge is 0.461 e. The molecule has 0 spiro atoms. The number of aromatic nitrogens is 1. The Morgan fingerprint density at radius 3 is 2.48 bits per heavy atom. The molecule has 5 nitrogen and oxygen atoms in total. The summed E-state index contributed by atoms with van der Waals surface area (Å²) in [7, 11) is 0. The number of hydrogen-bond acceptors (Lipinski definition) is 5. The molecule has 0 bridgehead atoms. The molecule has 0 atom stereocenters. The van der Waals surface area contributed by atoms with Crippen LogP contribution >= 0.6 is 11.3 Å². The van der Waals surface area contributed by atoms with E-state index in [9.17, 15) is 9.59 Å². The van der Waals surface area contributed by atoms with Crippen LogP contribution in [0.15, 0.2) is 66.1 Å². The number of carbonyl (C=O) groups is 2. The lowest BCUT2D eigenvalue weighted by atomic mass is 10.0. The topological polar surface area (TPSA) is 68.3 Å². The van der Waals surface area contributed by atoms with Gasteiger partial charge in [-0.05, 0) is 29.7 Å². The van der Waals surface area contributed by atoms with Crippen molar-refractivity contribution >= 4 is 34.4 Å². The van der Waals surface area contributed by atoms with E-state index in [4.69, 9.17) is 4.74 Å². The van der Waals surface area contributed by atoms with Crippen LogP contribution in [0.3, 0.4) is 0 Å². The molecule has 1 amide bonds. The fourth-order valence-electron chi connectivity index (χ4n) is 2.37. The van der Waals surface area contributed by atoms with Crippen LogP contribution in [0.4, 0.5) is 5.13 Å². The molecule has 1 N–H and O–H groups in total. The third-order valence-corrected chi connectivity index (χ3v) is 4.42. The number of thiazole rings is 1. The number of carbonyl (C=O) groups excluding carboxylic acids is 2. The van der Waals surface area contributed by atoms with Crippen molar-refractivity contribution in [2.45, 2.75) is 6.92 Å². The van der Waals surface area contributed by atoms with Gasteiger partial charge < -0.3 is 4.74 Å². The van der Waals surface area contributed by atoms with Crippen molar-refractivity contribution in [3.63, 3.8) is 0 Å². The molecule has 0 aliphatic heterocycles. The van der Waals surface area contributed by atoms with Gasteiger partial charge in [-0.3, -0.25) is 10.1 Å². The van der Waals surface area contributed by atoms with E-state index in [1.165, 1.54) is 17.4 Å². The minimum Gasteiger partial charge on any atom is -0.461 e. The van der Waals surface area contributed by atoms with Gasteiger partial charge in [-0.25, -0.2) is 9.78 Å². The molecule has 0 saturated heterocycles. The van der Waals surface area contributed by atoms with Crippen molar-refractivity contribution in [1.82, 2.24) is 4.98 Å². The lowest BCUT2D eigenvalue weighted by Gasteiger charge is -2.02. The maximum atomic E-state index is 12.0. The molecule has 3 rings (SSSR count). The highest BCUT2D eigenvalue weighted by molar-refractivity contribution is 7.14. The molecule has 0 radical (unpaired) electrons. The Hall–Kier alpha value is -3.25. The Morgan fingerprint density at radius 2 is 1.78 bits per heavy atom. The SMILES string of the molecule is CCOC(=O)c1csc(NC(=O)/C=C/c2ccc(-c3ccccc3)cc2)n1. The fraction of sp³-hybridized carbons (Fsp3) is 0.0952. The van der Waals surface area contributed by atoms with E-state index >= 15 is 0 Å². The van der Waals surface area contributed by atoms with E-state index < -0.39 is 5.97 Å². The second-order valence-corrected chi connectivity index (χ2v) is 6.43. The van der Waals surface area contributed by atoms with Crippen LogP contribution in [0.25, 0.3) is 17.2 Å². The number of ether oxygens (including phenoxy) is 1. The van der Waals surface area contributed by atoms with Crippen molar-refractivity contribution in [1.29, 1.82) is 0 Å². The number of nitrogens with one attached hydrogen (secondary N) is 1. The molecule has 136 valence electrons. The van der Waals surface area contributed by atoms with E-state index in [1.54, 1.807) is 18.4 Å². The Kier molecular flexibility index (Phi) is 6.12. The molecule has 0 fully saturated rings. The van der Waals surface area contributed by atoms with Gasteiger partial charge in [-0.15, -0.1) is 11.3 Å². The molecule has 1 heterocycles. The van der Waals surface area contributed by atoms with Crippen molar-refractivity contribution in [2.75, 3.05) is 11.9 Å². The van der Waals surface area contributed by atoms with Crippen LogP contribution < -0.4 is 5.32 Å². The van der Waals surface area contributed by atoms with Crippen LogP contribution in [0.1, 0.15) is 23.0 Å². The molecular formula is C21H18N2O3S. The normalized spacial score (nSPS) is 10.7. The van der Waals surface area contributed by atoms with Gasteiger partial charge in [-0.2, -0.15) is 0 Å². The number of nitrogens with zero attached hydrogens (tertiary/aromatic N) is 1. The zero-order chi connectivity index (χ0) is 19.1. The smallest absolute Gasteiger partial charge is 0.357 e. The average molecular weight is 378 g/mol. The van der Waals surface area contributed by atoms with Crippen molar-refractivity contribution in [3.8, 4) is 11.1 Å². The van der Waals surface area contributed by atoms with Gasteiger partial charge >= 0.3 is 5.97 Å². The van der Waals surface area contributed by atoms with Gasteiger partial charge in [0.25, 0.3) is 0 Å². The summed E-state index contributed by atoms with van der Waals surface area (Å²) in [5, 5.41) is 4.55. The predicted molar refractivity (Wildman–Crippen MR) is 108 cm³/mol. The van der Waals surface area contributed by atoms with Crippen molar-refractivity contribution < 1.29 is 14.3 Å². The summed E-state index contributed by atoms with van der Waals surface area (Å²) in [4.78, 5) is 27.7. The van der Waals surface area contributed by atoms with Gasteiger partial charge in [0.2, 0.25) is 5.91 Å². The molecule has 2 aromatic carbocycles. The number of hydrogen-bond donors (Lipinski definition) is 1.